The third-order valence-corrected chi connectivity index (χ3v) is 4.08. The van der Waals surface area contributed by atoms with E-state index in [-0.39, 0.29) is 17.5 Å². The number of ether oxygens (including phenoxy) is 2. The molecule has 0 atom stereocenters. The quantitative estimate of drug-likeness (QED) is 0.383. The van der Waals surface area contributed by atoms with Crippen molar-refractivity contribution in [2.24, 2.45) is 0 Å². The second-order valence-electron chi connectivity index (χ2n) is 6.32. The summed E-state index contributed by atoms with van der Waals surface area (Å²) in [6.45, 7) is 9.84. The number of carbonyl (C=O) groups excluding carboxylic acids is 2. The Kier molecular flexibility index (Phi) is 9.53. The molecule has 1 heterocycles. The summed E-state index contributed by atoms with van der Waals surface area (Å²) in [5, 5.41) is 13.5. The van der Waals surface area contributed by atoms with Gasteiger partial charge in [0.05, 0.1) is 19.4 Å². The number of carbonyl (C=O) groups is 2. The number of benzene rings is 1. The van der Waals surface area contributed by atoms with Gasteiger partial charge in [0.15, 0.2) is 5.69 Å². The number of hydrogen-bond donors (Lipinski definition) is 2. The van der Waals surface area contributed by atoms with Crippen LogP contribution in [0.5, 0.6) is 5.75 Å². The van der Waals surface area contributed by atoms with Gasteiger partial charge in [-0.25, -0.2) is 4.68 Å². The van der Waals surface area contributed by atoms with Gasteiger partial charge in [-0.2, -0.15) is 0 Å². The molecule has 2 N–H and O–H groups in total. The van der Waals surface area contributed by atoms with Crippen LogP contribution in [0.25, 0.3) is 5.69 Å². The molecular formula is C21H29N5O4. The number of rotatable bonds is 13. The lowest BCUT2D eigenvalue weighted by Gasteiger charge is -2.12. The second-order valence-corrected chi connectivity index (χ2v) is 6.32. The first-order valence-electron chi connectivity index (χ1n) is 10.0. The summed E-state index contributed by atoms with van der Waals surface area (Å²) in [5.41, 5.74) is 1.24. The summed E-state index contributed by atoms with van der Waals surface area (Å²) >= 11 is 0. The molecule has 0 saturated carbocycles. The van der Waals surface area contributed by atoms with Crippen molar-refractivity contribution in [1.82, 2.24) is 25.6 Å². The highest BCUT2D eigenvalue weighted by molar-refractivity contribution is 5.95. The molecule has 2 rings (SSSR count). The molecule has 0 spiro atoms. The zero-order valence-corrected chi connectivity index (χ0v) is 17.5. The van der Waals surface area contributed by atoms with Gasteiger partial charge < -0.3 is 20.1 Å². The number of unbranched alkanes of at least 4 members (excludes halogenated alkanes) is 1. The molecule has 2 amide bonds. The Morgan fingerprint density at radius 3 is 2.77 bits per heavy atom. The molecule has 162 valence electrons. The van der Waals surface area contributed by atoms with Crippen molar-refractivity contribution in [3.8, 4) is 11.4 Å². The fourth-order valence-corrected chi connectivity index (χ4v) is 2.59. The van der Waals surface area contributed by atoms with Crippen molar-refractivity contribution < 1.29 is 19.1 Å². The summed E-state index contributed by atoms with van der Waals surface area (Å²) in [6, 6.07) is 5.07. The van der Waals surface area contributed by atoms with E-state index < -0.39 is 0 Å². The molecule has 0 fully saturated rings. The molecule has 0 aliphatic carbocycles. The molecule has 0 aliphatic heterocycles. The first-order valence-corrected chi connectivity index (χ1v) is 10.0. The Hall–Kier alpha value is -3.20. The van der Waals surface area contributed by atoms with Crippen LogP contribution in [-0.4, -0.2) is 59.7 Å². The van der Waals surface area contributed by atoms with Crippen LogP contribution in [0.15, 0.2) is 37.1 Å². The Bertz CT molecular complexity index is 850. The number of aromatic nitrogens is 3. The fraction of sp³-hybridized carbons (Fsp3) is 0.429. The Morgan fingerprint density at radius 1 is 1.20 bits per heavy atom. The third-order valence-electron chi connectivity index (χ3n) is 4.08. The van der Waals surface area contributed by atoms with Crippen LogP contribution in [0.2, 0.25) is 0 Å². The minimum atomic E-state index is -0.339. The molecule has 0 saturated heterocycles. The fourth-order valence-electron chi connectivity index (χ4n) is 2.59. The summed E-state index contributed by atoms with van der Waals surface area (Å²) in [5.74, 6) is -0.0442. The monoisotopic (exact) mass is 415 g/mol. The lowest BCUT2D eigenvalue weighted by Crippen LogP contribution is -2.27. The Morgan fingerprint density at radius 2 is 2.03 bits per heavy atom. The molecule has 2 aromatic rings. The number of allylic oxidation sites excluding steroid dienone is 1. The van der Waals surface area contributed by atoms with Gasteiger partial charge in [0, 0.05) is 25.3 Å². The van der Waals surface area contributed by atoms with E-state index in [1.54, 1.807) is 18.2 Å². The van der Waals surface area contributed by atoms with Gasteiger partial charge in [-0.1, -0.05) is 11.3 Å². The average molecular weight is 415 g/mol. The van der Waals surface area contributed by atoms with Crippen molar-refractivity contribution in [3.63, 3.8) is 0 Å². The van der Waals surface area contributed by atoms with Crippen molar-refractivity contribution in [3.05, 3.63) is 48.3 Å². The van der Waals surface area contributed by atoms with E-state index >= 15 is 0 Å². The van der Waals surface area contributed by atoms with E-state index in [1.807, 2.05) is 19.9 Å². The number of hydrogen-bond acceptors (Lipinski definition) is 6. The van der Waals surface area contributed by atoms with Crippen molar-refractivity contribution in [2.45, 2.75) is 26.7 Å². The van der Waals surface area contributed by atoms with Gasteiger partial charge in [-0.15, -0.1) is 11.7 Å². The zero-order chi connectivity index (χ0) is 21.8. The van der Waals surface area contributed by atoms with Crippen LogP contribution >= 0.6 is 0 Å². The molecule has 0 unspecified atom stereocenters. The number of nitrogens with one attached hydrogen (secondary N) is 2. The largest absolute Gasteiger partial charge is 0.491 e. The summed E-state index contributed by atoms with van der Waals surface area (Å²) < 4.78 is 12.6. The highest BCUT2D eigenvalue weighted by Gasteiger charge is 2.16. The van der Waals surface area contributed by atoms with Gasteiger partial charge in [-0.3, -0.25) is 9.59 Å². The van der Waals surface area contributed by atoms with Crippen LogP contribution in [0.1, 0.15) is 47.5 Å². The summed E-state index contributed by atoms with van der Waals surface area (Å²) in [4.78, 5) is 24.4. The SMILES string of the molecule is C=CCCCOc1cc(C(=O)NCC)ccc1-n1cc(C(=O)NCCOCC)nn1. The van der Waals surface area contributed by atoms with Crippen LogP contribution in [0.3, 0.4) is 0 Å². The lowest BCUT2D eigenvalue weighted by atomic mass is 10.1. The molecule has 0 radical (unpaired) electrons. The van der Waals surface area contributed by atoms with Gasteiger partial charge in [0.2, 0.25) is 0 Å². The first kappa shape index (κ1) is 23.1. The van der Waals surface area contributed by atoms with Gasteiger partial charge in [0.25, 0.3) is 11.8 Å². The Balaban J connectivity index is 2.19. The van der Waals surface area contributed by atoms with E-state index in [2.05, 4.69) is 27.5 Å². The highest BCUT2D eigenvalue weighted by Crippen LogP contribution is 2.24. The first-order chi connectivity index (χ1) is 14.6. The van der Waals surface area contributed by atoms with E-state index in [9.17, 15) is 9.59 Å². The molecule has 0 bridgehead atoms. The van der Waals surface area contributed by atoms with E-state index in [1.165, 1.54) is 10.9 Å². The van der Waals surface area contributed by atoms with Gasteiger partial charge in [-0.05, 0) is 44.9 Å². The van der Waals surface area contributed by atoms with Crippen LogP contribution in [0.4, 0.5) is 0 Å². The Labute approximate surface area is 176 Å². The number of nitrogens with zero attached hydrogens (tertiary/aromatic N) is 3. The maximum absolute atomic E-state index is 12.2. The summed E-state index contributed by atoms with van der Waals surface area (Å²) in [6.07, 6.45) is 4.96. The van der Waals surface area contributed by atoms with Crippen LogP contribution in [-0.2, 0) is 4.74 Å². The van der Waals surface area contributed by atoms with Crippen LogP contribution in [0, 0.1) is 0 Å². The van der Waals surface area contributed by atoms with Crippen molar-refractivity contribution in [2.75, 3.05) is 32.9 Å². The predicted molar refractivity (Wildman–Crippen MR) is 113 cm³/mol. The average Bonchev–Trinajstić information content (AvgIpc) is 3.24. The van der Waals surface area contributed by atoms with Crippen molar-refractivity contribution >= 4 is 11.8 Å². The van der Waals surface area contributed by atoms with E-state index in [0.717, 1.165) is 12.8 Å². The van der Waals surface area contributed by atoms with Gasteiger partial charge >= 0.3 is 0 Å². The maximum atomic E-state index is 12.2. The van der Waals surface area contributed by atoms with E-state index in [4.69, 9.17) is 9.47 Å². The molecule has 1 aromatic carbocycles. The topological polar surface area (TPSA) is 107 Å². The predicted octanol–water partition coefficient (Wildman–Crippen LogP) is 2.13. The molecule has 9 nitrogen and oxygen atoms in total. The standard InChI is InChI=1S/C21H29N5O4/c1-4-7-8-12-30-19-14-16(20(27)22-5-2)9-10-18(19)26-15-17(24-25-26)21(28)23-11-13-29-6-3/h4,9-10,14-15H,1,5-8,11-13H2,2-3H3,(H,22,27)(H,23,28). The second kappa shape index (κ2) is 12.4. The molecule has 0 aliphatic rings. The smallest absolute Gasteiger partial charge is 0.273 e. The minimum absolute atomic E-state index is 0.178. The minimum Gasteiger partial charge on any atom is -0.491 e. The lowest BCUT2D eigenvalue weighted by molar-refractivity contribution is 0.0916. The molecule has 1 aromatic heterocycles. The maximum Gasteiger partial charge on any atom is 0.273 e. The third kappa shape index (κ3) is 6.70. The molecule has 9 heteroatoms. The molecule has 30 heavy (non-hydrogen) atoms. The summed E-state index contributed by atoms with van der Waals surface area (Å²) in [7, 11) is 0. The molecular weight excluding hydrogens is 386 g/mol. The van der Waals surface area contributed by atoms with E-state index in [0.29, 0.717) is 49.9 Å². The van der Waals surface area contributed by atoms with Crippen molar-refractivity contribution in [1.29, 1.82) is 0 Å². The number of amides is 2. The zero-order valence-electron chi connectivity index (χ0n) is 17.5. The normalized spacial score (nSPS) is 10.5. The van der Waals surface area contributed by atoms with Gasteiger partial charge in [0.1, 0.15) is 11.4 Å². The van der Waals surface area contributed by atoms with Crippen LogP contribution < -0.4 is 15.4 Å². The highest BCUT2D eigenvalue weighted by atomic mass is 16.5.